The van der Waals surface area contributed by atoms with Crippen LogP contribution in [-0.4, -0.2) is 25.0 Å². The third-order valence-electron chi connectivity index (χ3n) is 2.83. The van der Waals surface area contributed by atoms with Gasteiger partial charge in [0.2, 0.25) is 0 Å². The van der Waals surface area contributed by atoms with Crippen LogP contribution in [0.2, 0.25) is 0 Å². The van der Waals surface area contributed by atoms with E-state index in [-0.39, 0.29) is 0 Å². The van der Waals surface area contributed by atoms with Crippen LogP contribution in [-0.2, 0) is 20.4 Å². The monoisotopic (exact) mass is 314 g/mol. The summed E-state index contributed by atoms with van der Waals surface area (Å²) in [5.41, 5.74) is -0.642. The van der Waals surface area contributed by atoms with Gasteiger partial charge < -0.3 is 5.11 Å². The first-order valence-electron chi connectivity index (χ1n) is 6.49. The van der Waals surface area contributed by atoms with E-state index in [4.69, 9.17) is 5.11 Å². The number of benzene rings is 1. The first-order valence-corrected chi connectivity index (χ1v) is 7.97. The van der Waals surface area contributed by atoms with Gasteiger partial charge in [-0.2, -0.15) is 13.1 Å². The van der Waals surface area contributed by atoms with E-state index in [1.54, 1.807) is 58.9 Å². The quantitative estimate of drug-likeness (QED) is 0.775. The highest BCUT2D eigenvalue weighted by Gasteiger charge is 2.29. The number of nitrogens with one attached hydrogen (secondary N) is 2. The van der Waals surface area contributed by atoms with Crippen LogP contribution in [0.4, 0.5) is 5.69 Å². The summed E-state index contributed by atoms with van der Waals surface area (Å²) in [5, 5.41) is 9.16. The molecule has 1 aromatic rings. The van der Waals surface area contributed by atoms with Crippen LogP contribution in [0.3, 0.4) is 0 Å². The summed E-state index contributed by atoms with van der Waals surface area (Å²) in [6, 6.07) is 6.29. The molecule has 1 aromatic carbocycles. The summed E-state index contributed by atoms with van der Waals surface area (Å²) in [4.78, 5) is 11.2. The van der Waals surface area contributed by atoms with Gasteiger partial charge in [-0.1, -0.05) is 12.1 Å². The molecular formula is C14H22N2O4S. The van der Waals surface area contributed by atoms with E-state index in [9.17, 15) is 13.2 Å². The number of rotatable bonds is 5. The fourth-order valence-electron chi connectivity index (χ4n) is 1.66. The zero-order chi connectivity index (χ0) is 16.5. The zero-order valence-corrected chi connectivity index (χ0v) is 13.7. The molecule has 7 heteroatoms. The second-order valence-corrected chi connectivity index (χ2v) is 7.88. The molecule has 1 rings (SSSR count). The van der Waals surface area contributed by atoms with Gasteiger partial charge in [0.25, 0.3) is 10.2 Å². The molecular weight excluding hydrogens is 292 g/mol. The SMILES string of the molecule is CC(C)(C)NS(=O)(=O)Nc1ccc(C(C)(C)C(=O)O)cc1. The molecule has 118 valence electrons. The van der Waals surface area contributed by atoms with Crippen molar-refractivity contribution < 1.29 is 18.3 Å². The molecule has 21 heavy (non-hydrogen) atoms. The van der Waals surface area contributed by atoms with Gasteiger partial charge in [-0.05, 0) is 52.3 Å². The van der Waals surface area contributed by atoms with Crippen molar-refractivity contribution in [1.29, 1.82) is 0 Å². The molecule has 0 fully saturated rings. The number of hydrogen-bond donors (Lipinski definition) is 3. The lowest BCUT2D eigenvalue weighted by atomic mass is 9.85. The summed E-state index contributed by atoms with van der Waals surface area (Å²) in [7, 11) is -3.67. The van der Waals surface area contributed by atoms with Crippen molar-refractivity contribution in [3.8, 4) is 0 Å². The van der Waals surface area contributed by atoms with Gasteiger partial charge in [-0.25, -0.2) is 0 Å². The molecule has 0 unspecified atom stereocenters. The van der Waals surface area contributed by atoms with Crippen LogP contribution in [0.1, 0.15) is 40.2 Å². The Morgan fingerprint density at radius 3 is 1.90 bits per heavy atom. The van der Waals surface area contributed by atoms with Crippen molar-refractivity contribution in [3.05, 3.63) is 29.8 Å². The number of carboxylic acids is 1. The van der Waals surface area contributed by atoms with E-state index in [1.807, 2.05) is 0 Å². The third-order valence-corrected chi connectivity index (χ3v) is 4.22. The van der Waals surface area contributed by atoms with Crippen molar-refractivity contribution in [2.24, 2.45) is 0 Å². The Labute approximate surface area is 125 Å². The molecule has 0 spiro atoms. The van der Waals surface area contributed by atoms with Crippen molar-refractivity contribution >= 4 is 21.9 Å². The van der Waals surface area contributed by atoms with E-state index in [2.05, 4.69) is 9.44 Å². The minimum absolute atomic E-state index is 0.372. The number of aliphatic carboxylic acids is 1. The maximum absolute atomic E-state index is 11.9. The average Bonchev–Trinajstić information content (AvgIpc) is 2.25. The molecule has 0 aromatic heterocycles. The van der Waals surface area contributed by atoms with Gasteiger partial charge in [0.05, 0.1) is 5.41 Å². The fraction of sp³-hybridized carbons (Fsp3) is 0.500. The Morgan fingerprint density at radius 2 is 1.52 bits per heavy atom. The van der Waals surface area contributed by atoms with Gasteiger partial charge in [0.15, 0.2) is 0 Å². The largest absolute Gasteiger partial charge is 0.481 e. The van der Waals surface area contributed by atoms with E-state index in [0.717, 1.165) is 0 Å². The van der Waals surface area contributed by atoms with Crippen LogP contribution < -0.4 is 9.44 Å². The highest BCUT2D eigenvalue weighted by atomic mass is 32.2. The molecule has 0 saturated carbocycles. The zero-order valence-electron chi connectivity index (χ0n) is 12.9. The number of hydrogen-bond acceptors (Lipinski definition) is 3. The van der Waals surface area contributed by atoms with Crippen LogP contribution in [0.25, 0.3) is 0 Å². The molecule has 3 N–H and O–H groups in total. The van der Waals surface area contributed by atoms with Crippen LogP contribution in [0.15, 0.2) is 24.3 Å². The number of anilines is 1. The topological polar surface area (TPSA) is 95.5 Å². The van der Waals surface area contributed by atoms with Gasteiger partial charge in [-0.3, -0.25) is 9.52 Å². The first-order chi connectivity index (χ1) is 9.33. The molecule has 0 heterocycles. The van der Waals surface area contributed by atoms with Crippen LogP contribution in [0, 0.1) is 0 Å². The predicted octanol–water partition coefficient (Wildman–Crippen LogP) is 2.09. The van der Waals surface area contributed by atoms with Gasteiger partial charge >= 0.3 is 5.97 Å². The smallest absolute Gasteiger partial charge is 0.313 e. The highest BCUT2D eigenvalue weighted by molar-refractivity contribution is 7.90. The maximum Gasteiger partial charge on any atom is 0.313 e. The summed E-state index contributed by atoms with van der Waals surface area (Å²) < 4.78 is 28.6. The Kier molecular flexibility index (Phi) is 4.70. The standard InChI is InChI=1S/C14H22N2O4S/c1-13(2,3)16-21(19,20)15-11-8-6-10(7-9-11)14(4,5)12(17)18/h6-9,15-16H,1-5H3,(H,17,18). The van der Waals surface area contributed by atoms with Gasteiger partial charge in [0, 0.05) is 11.2 Å². The third kappa shape index (κ3) is 5.02. The van der Waals surface area contributed by atoms with E-state index < -0.39 is 27.1 Å². The van der Waals surface area contributed by atoms with E-state index in [0.29, 0.717) is 11.3 Å². The Balaban J connectivity index is 2.92. The second kappa shape index (κ2) is 5.65. The molecule has 0 amide bonds. The summed E-state index contributed by atoms with van der Waals surface area (Å²) in [6.45, 7) is 8.41. The molecule has 0 bridgehead atoms. The molecule has 0 aliphatic carbocycles. The predicted molar refractivity (Wildman–Crippen MR) is 82.5 cm³/mol. The molecule has 0 atom stereocenters. The summed E-state index contributed by atoms with van der Waals surface area (Å²) >= 11 is 0. The van der Waals surface area contributed by atoms with E-state index in [1.165, 1.54) is 0 Å². The lowest BCUT2D eigenvalue weighted by Crippen LogP contribution is -2.43. The van der Waals surface area contributed by atoms with Crippen molar-refractivity contribution in [1.82, 2.24) is 4.72 Å². The first kappa shape index (κ1) is 17.5. The van der Waals surface area contributed by atoms with Crippen LogP contribution in [0.5, 0.6) is 0 Å². The van der Waals surface area contributed by atoms with E-state index >= 15 is 0 Å². The Morgan fingerprint density at radius 1 is 1.05 bits per heavy atom. The van der Waals surface area contributed by atoms with Gasteiger partial charge in [-0.15, -0.1) is 0 Å². The lowest BCUT2D eigenvalue weighted by molar-refractivity contribution is -0.142. The summed E-state index contributed by atoms with van der Waals surface area (Å²) in [6.07, 6.45) is 0. The van der Waals surface area contributed by atoms with Gasteiger partial charge in [0.1, 0.15) is 0 Å². The minimum atomic E-state index is -3.67. The normalized spacial score (nSPS) is 13.0. The molecule has 6 nitrogen and oxygen atoms in total. The molecule has 0 radical (unpaired) electrons. The fourth-order valence-corrected chi connectivity index (χ4v) is 2.97. The number of carboxylic acid groups (broad SMARTS) is 1. The Bertz CT molecular complexity index is 613. The lowest BCUT2D eigenvalue weighted by Gasteiger charge is -2.22. The van der Waals surface area contributed by atoms with Crippen molar-refractivity contribution in [3.63, 3.8) is 0 Å². The summed E-state index contributed by atoms with van der Waals surface area (Å²) in [5.74, 6) is -0.940. The van der Waals surface area contributed by atoms with Crippen LogP contribution >= 0.6 is 0 Å². The molecule has 0 aliphatic heterocycles. The average molecular weight is 314 g/mol. The maximum atomic E-state index is 11.9. The minimum Gasteiger partial charge on any atom is -0.481 e. The number of carbonyl (C=O) groups is 1. The molecule has 0 saturated heterocycles. The second-order valence-electron chi connectivity index (χ2n) is 6.47. The van der Waals surface area contributed by atoms with Crippen molar-refractivity contribution in [2.75, 3.05) is 4.72 Å². The molecule has 0 aliphatic rings. The Hall–Kier alpha value is -1.60. The van der Waals surface area contributed by atoms with Crippen molar-refractivity contribution in [2.45, 2.75) is 45.6 Å². The highest BCUT2D eigenvalue weighted by Crippen LogP contribution is 2.25.